The summed E-state index contributed by atoms with van der Waals surface area (Å²) in [5, 5.41) is 0.112. The third kappa shape index (κ3) is 3.20. The van der Waals surface area contributed by atoms with E-state index in [9.17, 15) is 4.39 Å². The zero-order chi connectivity index (χ0) is 13.9. The monoisotopic (exact) mass is 298 g/mol. The third-order valence-electron chi connectivity index (χ3n) is 4.33. The van der Waals surface area contributed by atoms with Crippen molar-refractivity contribution in [3.05, 3.63) is 17.3 Å². The molecule has 2 aliphatic heterocycles. The molecule has 0 aliphatic carbocycles. The fraction of sp³-hybridized carbons (Fsp3) is 0.714. The summed E-state index contributed by atoms with van der Waals surface area (Å²) in [6.45, 7) is 5.39. The molecule has 4 nitrogen and oxygen atoms in total. The van der Waals surface area contributed by atoms with Gasteiger partial charge < -0.3 is 9.80 Å². The number of hydrogen-bond acceptors (Lipinski definition) is 4. The number of likely N-dealkylation sites (tertiary alicyclic amines) is 1. The minimum Gasteiger partial charge on any atom is -0.354 e. The zero-order valence-electron chi connectivity index (χ0n) is 11.6. The lowest BCUT2D eigenvalue weighted by atomic mass is 9.96. The lowest BCUT2D eigenvalue weighted by Gasteiger charge is -2.34. The molecule has 0 amide bonds. The number of anilines is 1. The Labute approximate surface area is 123 Å². The molecule has 110 valence electrons. The summed E-state index contributed by atoms with van der Waals surface area (Å²) in [6, 6.07) is 0. The Morgan fingerprint density at radius 3 is 2.60 bits per heavy atom. The molecule has 0 N–H and O–H groups in total. The van der Waals surface area contributed by atoms with E-state index in [1.807, 2.05) is 4.90 Å². The largest absolute Gasteiger partial charge is 0.354 e. The average Bonchev–Trinajstić information content (AvgIpc) is 2.95. The highest BCUT2D eigenvalue weighted by atomic mass is 35.5. The molecule has 1 aromatic rings. The van der Waals surface area contributed by atoms with Gasteiger partial charge in [-0.15, -0.1) is 0 Å². The smallest absolute Gasteiger partial charge is 0.224 e. The molecule has 3 rings (SSSR count). The number of nitrogens with zero attached hydrogens (tertiary/aromatic N) is 4. The molecule has 2 aliphatic rings. The van der Waals surface area contributed by atoms with Gasteiger partial charge in [0.15, 0.2) is 11.6 Å². The van der Waals surface area contributed by atoms with Crippen molar-refractivity contribution < 1.29 is 4.39 Å². The van der Waals surface area contributed by atoms with Crippen molar-refractivity contribution >= 4 is 17.4 Å². The lowest BCUT2D eigenvalue weighted by molar-refractivity contribution is 0.249. The zero-order valence-corrected chi connectivity index (χ0v) is 12.3. The maximum atomic E-state index is 13.7. The van der Waals surface area contributed by atoms with Crippen LogP contribution in [0, 0.1) is 11.7 Å². The van der Waals surface area contributed by atoms with Crippen molar-refractivity contribution in [2.45, 2.75) is 25.7 Å². The standard InChI is InChI=1S/C14H20ClFN4/c15-14-17-9-12(16)13(18-14)20-7-3-11(4-8-20)10-19-5-1-2-6-19/h9,11H,1-8,10H2. The van der Waals surface area contributed by atoms with Crippen LogP contribution >= 0.6 is 11.6 Å². The Bertz CT molecular complexity index is 456. The molecule has 0 saturated carbocycles. The highest BCUT2D eigenvalue weighted by Crippen LogP contribution is 2.25. The maximum Gasteiger partial charge on any atom is 0.224 e. The van der Waals surface area contributed by atoms with Crippen LogP contribution in [0.2, 0.25) is 5.28 Å². The number of rotatable bonds is 3. The van der Waals surface area contributed by atoms with Gasteiger partial charge in [0.2, 0.25) is 5.28 Å². The average molecular weight is 299 g/mol. The highest BCUT2D eigenvalue weighted by Gasteiger charge is 2.25. The number of hydrogen-bond donors (Lipinski definition) is 0. The van der Waals surface area contributed by atoms with Gasteiger partial charge in [-0.05, 0) is 56.3 Å². The van der Waals surface area contributed by atoms with E-state index in [1.54, 1.807) is 0 Å². The molecular formula is C14H20ClFN4. The molecule has 2 saturated heterocycles. The Balaban J connectivity index is 1.56. The van der Waals surface area contributed by atoms with Crippen LogP contribution in [-0.2, 0) is 0 Å². The molecule has 3 heterocycles. The second-order valence-corrected chi connectivity index (χ2v) is 6.09. The second-order valence-electron chi connectivity index (χ2n) is 5.75. The molecule has 0 spiro atoms. The molecule has 0 unspecified atom stereocenters. The van der Waals surface area contributed by atoms with Gasteiger partial charge in [-0.3, -0.25) is 0 Å². The summed E-state index contributed by atoms with van der Waals surface area (Å²) in [5.41, 5.74) is 0. The Morgan fingerprint density at radius 2 is 1.90 bits per heavy atom. The Hall–Kier alpha value is -0.940. The van der Waals surface area contributed by atoms with E-state index in [1.165, 1.54) is 32.5 Å². The van der Waals surface area contributed by atoms with Gasteiger partial charge in [0.1, 0.15) is 0 Å². The van der Waals surface area contributed by atoms with Crippen LogP contribution < -0.4 is 4.90 Å². The van der Waals surface area contributed by atoms with Crippen LogP contribution in [0.3, 0.4) is 0 Å². The van der Waals surface area contributed by atoms with Crippen LogP contribution in [0.5, 0.6) is 0 Å². The molecule has 1 aromatic heterocycles. The van der Waals surface area contributed by atoms with Crippen LogP contribution in [0.4, 0.5) is 10.2 Å². The van der Waals surface area contributed by atoms with E-state index in [2.05, 4.69) is 14.9 Å². The first-order valence-electron chi connectivity index (χ1n) is 7.38. The van der Waals surface area contributed by atoms with Gasteiger partial charge in [0.05, 0.1) is 6.20 Å². The summed E-state index contributed by atoms with van der Waals surface area (Å²) in [7, 11) is 0. The summed E-state index contributed by atoms with van der Waals surface area (Å²) in [6.07, 6.45) is 6.02. The molecule has 0 aromatic carbocycles. The Kier molecular flexibility index (Phi) is 4.36. The van der Waals surface area contributed by atoms with Gasteiger partial charge in [0.25, 0.3) is 0 Å². The first-order chi connectivity index (χ1) is 9.72. The van der Waals surface area contributed by atoms with E-state index < -0.39 is 0 Å². The van der Waals surface area contributed by atoms with Crippen molar-refractivity contribution in [3.63, 3.8) is 0 Å². The van der Waals surface area contributed by atoms with E-state index >= 15 is 0 Å². The van der Waals surface area contributed by atoms with Crippen molar-refractivity contribution in [1.29, 1.82) is 0 Å². The fourth-order valence-electron chi connectivity index (χ4n) is 3.22. The SMILES string of the molecule is Fc1cnc(Cl)nc1N1CCC(CN2CCCC2)CC1. The number of piperidine rings is 1. The minimum atomic E-state index is -0.382. The van der Waals surface area contributed by atoms with E-state index in [4.69, 9.17) is 11.6 Å². The van der Waals surface area contributed by atoms with Crippen molar-refractivity contribution in [3.8, 4) is 0 Å². The van der Waals surface area contributed by atoms with Gasteiger partial charge in [0, 0.05) is 19.6 Å². The molecule has 0 bridgehead atoms. The highest BCUT2D eigenvalue weighted by molar-refractivity contribution is 6.28. The molecule has 20 heavy (non-hydrogen) atoms. The van der Waals surface area contributed by atoms with Gasteiger partial charge in [-0.1, -0.05) is 0 Å². The van der Waals surface area contributed by atoms with Gasteiger partial charge in [-0.25, -0.2) is 9.37 Å². The fourth-order valence-corrected chi connectivity index (χ4v) is 3.35. The third-order valence-corrected chi connectivity index (χ3v) is 4.51. The maximum absolute atomic E-state index is 13.7. The van der Waals surface area contributed by atoms with Crippen molar-refractivity contribution in [1.82, 2.24) is 14.9 Å². The summed E-state index contributed by atoms with van der Waals surface area (Å²) >= 11 is 5.76. The minimum absolute atomic E-state index is 0.112. The Morgan fingerprint density at radius 1 is 1.20 bits per heavy atom. The van der Waals surface area contributed by atoms with Crippen LogP contribution in [-0.4, -0.2) is 47.6 Å². The predicted octanol–water partition coefficient (Wildman–Crippen LogP) is 2.58. The molecule has 0 atom stereocenters. The number of aromatic nitrogens is 2. The van der Waals surface area contributed by atoms with Crippen LogP contribution in [0.25, 0.3) is 0 Å². The molecular weight excluding hydrogens is 279 g/mol. The van der Waals surface area contributed by atoms with Gasteiger partial charge >= 0.3 is 0 Å². The topological polar surface area (TPSA) is 32.3 Å². The lowest BCUT2D eigenvalue weighted by Crippen LogP contribution is -2.38. The van der Waals surface area contributed by atoms with Crippen molar-refractivity contribution in [2.75, 3.05) is 37.6 Å². The molecule has 0 radical (unpaired) electrons. The first-order valence-corrected chi connectivity index (χ1v) is 7.75. The van der Waals surface area contributed by atoms with E-state index in [0.29, 0.717) is 5.82 Å². The quantitative estimate of drug-likeness (QED) is 0.803. The normalized spacial score (nSPS) is 21.6. The van der Waals surface area contributed by atoms with E-state index in [0.717, 1.165) is 38.0 Å². The van der Waals surface area contributed by atoms with Crippen LogP contribution in [0.15, 0.2) is 6.20 Å². The summed E-state index contributed by atoms with van der Waals surface area (Å²) in [4.78, 5) is 12.2. The summed E-state index contributed by atoms with van der Waals surface area (Å²) in [5.74, 6) is 0.696. The van der Waals surface area contributed by atoms with Gasteiger partial charge in [-0.2, -0.15) is 4.98 Å². The number of halogens is 2. The van der Waals surface area contributed by atoms with Crippen LogP contribution in [0.1, 0.15) is 25.7 Å². The molecule has 6 heteroatoms. The predicted molar refractivity (Wildman–Crippen MR) is 77.6 cm³/mol. The second kappa shape index (κ2) is 6.22. The summed E-state index contributed by atoms with van der Waals surface area (Å²) < 4.78 is 13.7. The van der Waals surface area contributed by atoms with Crippen molar-refractivity contribution in [2.24, 2.45) is 5.92 Å². The first kappa shape index (κ1) is 14.0. The molecule has 2 fully saturated rings. The van der Waals surface area contributed by atoms with E-state index in [-0.39, 0.29) is 11.1 Å².